The third-order valence-electron chi connectivity index (χ3n) is 3.34. The van der Waals surface area contributed by atoms with Crippen molar-refractivity contribution >= 4 is 5.69 Å². The lowest BCUT2D eigenvalue weighted by atomic mass is 10.0. The Morgan fingerprint density at radius 2 is 2.00 bits per heavy atom. The average molecular weight is 245 g/mol. The molecule has 0 aliphatic carbocycles. The number of hydrogen-bond donors (Lipinski definition) is 1. The number of nitrogens with one attached hydrogen (secondary N) is 1. The normalized spacial score (nSPS) is 13.7. The van der Waals surface area contributed by atoms with E-state index in [2.05, 4.69) is 62.3 Å². The maximum Gasteiger partial charge on any atom is 0.0643 e. The third-order valence-corrected chi connectivity index (χ3v) is 3.34. The van der Waals surface area contributed by atoms with Crippen LogP contribution in [-0.2, 0) is 0 Å². The molecule has 2 atom stereocenters. The first-order valence-corrected chi connectivity index (χ1v) is 6.53. The highest BCUT2D eigenvalue weighted by molar-refractivity contribution is 5.55. The number of anilines is 1. The van der Waals surface area contributed by atoms with Crippen molar-refractivity contribution in [2.75, 3.05) is 18.5 Å². The molecule has 1 aromatic rings. The van der Waals surface area contributed by atoms with Crippen LogP contribution in [0.5, 0.6) is 0 Å². The summed E-state index contributed by atoms with van der Waals surface area (Å²) in [5, 5.41) is 12.2. The monoisotopic (exact) mass is 245 g/mol. The quantitative estimate of drug-likeness (QED) is 0.837. The first-order valence-electron chi connectivity index (χ1n) is 6.53. The standard InChI is InChI=1S/C15H23N3/c1-5-17-13(3)14-8-6-7-9-15(14)18(4)12(2)10-11-16/h6-9,12-13,17H,5,10H2,1-4H3. The molecule has 0 heterocycles. The predicted octanol–water partition coefficient (Wildman–Crippen LogP) is 3.10. The molecule has 0 fully saturated rings. The molecule has 1 N–H and O–H groups in total. The summed E-state index contributed by atoms with van der Waals surface area (Å²) in [5.41, 5.74) is 2.49. The van der Waals surface area contributed by atoms with Crippen molar-refractivity contribution < 1.29 is 0 Å². The molecule has 0 amide bonds. The molecule has 0 radical (unpaired) electrons. The van der Waals surface area contributed by atoms with Gasteiger partial charge in [-0.15, -0.1) is 0 Å². The Balaban J connectivity index is 2.98. The molecular weight excluding hydrogens is 222 g/mol. The third kappa shape index (κ3) is 3.48. The molecule has 0 saturated carbocycles. The fourth-order valence-corrected chi connectivity index (χ4v) is 2.10. The van der Waals surface area contributed by atoms with Crippen LogP contribution >= 0.6 is 0 Å². The minimum Gasteiger partial charge on any atom is -0.371 e. The molecule has 1 aromatic carbocycles. The van der Waals surface area contributed by atoms with Crippen molar-refractivity contribution in [2.45, 2.75) is 39.3 Å². The van der Waals surface area contributed by atoms with E-state index in [1.54, 1.807) is 0 Å². The van der Waals surface area contributed by atoms with E-state index in [4.69, 9.17) is 5.26 Å². The molecule has 3 heteroatoms. The molecule has 0 aliphatic heterocycles. The molecule has 0 aromatic heterocycles. The van der Waals surface area contributed by atoms with Crippen LogP contribution in [0.1, 0.15) is 38.8 Å². The zero-order valence-corrected chi connectivity index (χ0v) is 11.8. The Hall–Kier alpha value is -1.53. The molecule has 0 spiro atoms. The van der Waals surface area contributed by atoms with Gasteiger partial charge in [0.25, 0.3) is 0 Å². The maximum absolute atomic E-state index is 8.81. The van der Waals surface area contributed by atoms with Crippen molar-refractivity contribution in [2.24, 2.45) is 0 Å². The van der Waals surface area contributed by atoms with Gasteiger partial charge < -0.3 is 10.2 Å². The van der Waals surface area contributed by atoms with Gasteiger partial charge in [-0.1, -0.05) is 25.1 Å². The van der Waals surface area contributed by atoms with Crippen molar-refractivity contribution in [1.82, 2.24) is 5.32 Å². The zero-order chi connectivity index (χ0) is 13.5. The van der Waals surface area contributed by atoms with E-state index >= 15 is 0 Å². The summed E-state index contributed by atoms with van der Waals surface area (Å²) < 4.78 is 0. The highest BCUT2D eigenvalue weighted by Crippen LogP contribution is 2.27. The minimum atomic E-state index is 0.227. The topological polar surface area (TPSA) is 39.1 Å². The average Bonchev–Trinajstić information content (AvgIpc) is 2.38. The van der Waals surface area contributed by atoms with Gasteiger partial charge in [-0.3, -0.25) is 0 Å². The predicted molar refractivity (Wildman–Crippen MR) is 76.6 cm³/mol. The van der Waals surface area contributed by atoms with E-state index < -0.39 is 0 Å². The summed E-state index contributed by atoms with van der Waals surface area (Å²) in [7, 11) is 2.06. The molecule has 2 unspecified atom stereocenters. The van der Waals surface area contributed by atoms with Crippen LogP contribution in [0, 0.1) is 11.3 Å². The van der Waals surface area contributed by atoms with Gasteiger partial charge in [-0.2, -0.15) is 5.26 Å². The summed E-state index contributed by atoms with van der Waals surface area (Å²) in [4.78, 5) is 2.19. The molecule has 98 valence electrons. The van der Waals surface area contributed by atoms with E-state index in [1.165, 1.54) is 11.3 Å². The summed E-state index contributed by atoms with van der Waals surface area (Å²) in [6, 6.07) is 11.2. The van der Waals surface area contributed by atoms with Crippen molar-refractivity contribution in [3.05, 3.63) is 29.8 Å². The number of rotatable bonds is 6. The van der Waals surface area contributed by atoms with Gasteiger partial charge >= 0.3 is 0 Å². The second-order valence-corrected chi connectivity index (χ2v) is 4.66. The van der Waals surface area contributed by atoms with Gasteiger partial charge in [0.05, 0.1) is 12.5 Å². The number of benzene rings is 1. The lowest BCUT2D eigenvalue weighted by molar-refractivity contribution is 0.593. The molecule has 1 rings (SSSR count). The zero-order valence-electron chi connectivity index (χ0n) is 11.8. The van der Waals surface area contributed by atoms with Gasteiger partial charge in [-0.05, 0) is 32.0 Å². The van der Waals surface area contributed by atoms with Crippen molar-refractivity contribution in [3.8, 4) is 6.07 Å². The molecule has 0 aliphatic rings. The van der Waals surface area contributed by atoms with Crippen molar-refractivity contribution in [3.63, 3.8) is 0 Å². The van der Waals surface area contributed by atoms with Crippen LogP contribution in [0.3, 0.4) is 0 Å². The second kappa shape index (κ2) is 7.03. The number of nitrogens with zero attached hydrogens (tertiary/aromatic N) is 2. The Morgan fingerprint density at radius 3 is 2.61 bits per heavy atom. The molecular formula is C15H23N3. The van der Waals surface area contributed by atoms with Gasteiger partial charge in [0.2, 0.25) is 0 Å². The van der Waals surface area contributed by atoms with E-state index in [9.17, 15) is 0 Å². The second-order valence-electron chi connectivity index (χ2n) is 4.66. The van der Waals surface area contributed by atoms with Gasteiger partial charge in [0, 0.05) is 24.8 Å². The smallest absolute Gasteiger partial charge is 0.0643 e. The van der Waals surface area contributed by atoms with Crippen LogP contribution in [-0.4, -0.2) is 19.6 Å². The highest BCUT2D eigenvalue weighted by Gasteiger charge is 2.15. The largest absolute Gasteiger partial charge is 0.371 e. The number of para-hydroxylation sites is 1. The fourth-order valence-electron chi connectivity index (χ4n) is 2.10. The number of nitriles is 1. The summed E-state index contributed by atoms with van der Waals surface area (Å²) in [5.74, 6) is 0. The SMILES string of the molecule is CCNC(C)c1ccccc1N(C)C(C)CC#N. The Kier molecular flexibility index (Phi) is 5.67. The molecule has 3 nitrogen and oxygen atoms in total. The summed E-state index contributed by atoms with van der Waals surface area (Å²) in [6.45, 7) is 7.32. The lowest BCUT2D eigenvalue weighted by Crippen LogP contribution is -2.30. The summed E-state index contributed by atoms with van der Waals surface area (Å²) in [6.07, 6.45) is 0.542. The molecule has 0 bridgehead atoms. The minimum absolute atomic E-state index is 0.227. The van der Waals surface area contributed by atoms with Crippen LogP contribution in [0.15, 0.2) is 24.3 Å². The molecule has 18 heavy (non-hydrogen) atoms. The number of hydrogen-bond acceptors (Lipinski definition) is 3. The van der Waals surface area contributed by atoms with Gasteiger partial charge in [0.1, 0.15) is 0 Å². The molecule has 0 saturated heterocycles. The van der Waals surface area contributed by atoms with Crippen LogP contribution in [0.2, 0.25) is 0 Å². The Morgan fingerprint density at radius 1 is 1.33 bits per heavy atom. The van der Waals surface area contributed by atoms with Crippen LogP contribution < -0.4 is 10.2 Å². The first-order chi connectivity index (χ1) is 8.61. The fraction of sp³-hybridized carbons (Fsp3) is 0.533. The van der Waals surface area contributed by atoms with E-state index in [0.717, 1.165) is 6.54 Å². The lowest BCUT2D eigenvalue weighted by Gasteiger charge is -2.29. The van der Waals surface area contributed by atoms with Crippen LogP contribution in [0.25, 0.3) is 0 Å². The Bertz CT molecular complexity index is 408. The van der Waals surface area contributed by atoms with Crippen LogP contribution in [0.4, 0.5) is 5.69 Å². The maximum atomic E-state index is 8.81. The first kappa shape index (κ1) is 14.5. The highest BCUT2D eigenvalue weighted by atomic mass is 15.1. The van der Waals surface area contributed by atoms with Gasteiger partial charge in [0.15, 0.2) is 0 Å². The Labute approximate surface area is 110 Å². The van der Waals surface area contributed by atoms with E-state index in [0.29, 0.717) is 12.5 Å². The van der Waals surface area contributed by atoms with Gasteiger partial charge in [-0.25, -0.2) is 0 Å². The van der Waals surface area contributed by atoms with E-state index in [1.807, 2.05) is 6.07 Å². The van der Waals surface area contributed by atoms with Crippen molar-refractivity contribution in [1.29, 1.82) is 5.26 Å². The van der Waals surface area contributed by atoms with E-state index in [-0.39, 0.29) is 6.04 Å². The summed E-state index contributed by atoms with van der Waals surface area (Å²) >= 11 is 0.